The van der Waals surface area contributed by atoms with E-state index >= 15 is 0 Å². The third-order valence-electron chi connectivity index (χ3n) is 3.84. The number of carbonyl (C=O) groups excluding carboxylic acids is 1. The van der Waals surface area contributed by atoms with Crippen LogP contribution >= 0.6 is 34.5 Å². The lowest BCUT2D eigenvalue weighted by atomic mass is 10.2. The monoisotopic (exact) mass is 414 g/mol. The maximum atomic E-state index is 12.5. The molecule has 134 valence electrons. The van der Waals surface area contributed by atoms with Gasteiger partial charge < -0.3 is 4.42 Å². The van der Waals surface area contributed by atoms with Crippen LogP contribution in [0.2, 0.25) is 10.0 Å². The lowest BCUT2D eigenvalue weighted by Gasteiger charge is -2.02. The topological polar surface area (TPSA) is 55.1 Å². The minimum absolute atomic E-state index is 0.164. The zero-order chi connectivity index (χ0) is 18.8. The molecule has 0 aliphatic rings. The summed E-state index contributed by atoms with van der Waals surface area (Å²) >= 11 is 13.6. The summed E-state index contributed by atoms with van der Waals surface area (Å²) in [4.78, 5) is 16.9. The van der Waals surface area contributed by atoms with E-state index in [0.717, 1.165) is 11.3 Å². The molecule has 4 rings (SSSR count). The van der Waals surface area contributed by atoms with Crippen LogP contribution in [0.25, 0.3) is 22.6 Å². The largest absolute Gasteiger partial charge is 0.451 e. The molecule has 1 N–H and O–H groups in total. The predicted octanol–water partition coefficient (Wildman–Crippen LogP) is 6.63. The summed E-state index contributed by atoms with van der Waals surface area (Å²) in [6.07, 6.45) is 0. The highest BCUT2D eigenvalue weighted by Gasteiger charge is 2.16. The molecule has 0 atom stereocenters. The lowest BCUT2D eigenvalue weighted by Crippen LogP contribution is -2.10. The number of hydrogen-bond acceptors (Lipinski definition) is 4. The van der Waals surface area contributed by atoms with Crippen LogP contribution in [0.15, 0.2) is 70.5 Å². The highest BCUT2D eigenvalue weighted by molar-refractivity contribution is 7.14. The number of halogens is 2. The second kappa shape index (κ2) is 7.56. The van der Waals surface area contributed by atoms with Gasteiger partial charge in [-0.3, -0.25) is 10.1 Å². The number of nitrogens with one attached hydrogen (secondary N) is 1. The van der Waals surface area contributed by atoms with Gasteiger partial charge in [-0.15, -0.1) is 11.3 Å². The number of carbonyl (C=O) groups is 1. The van der Waals surface area contributed by atoms with E-state index in [0.29, 0.717) is 26.5 Å². The van der Waals surface area contributed by atoms with E-state index in [4.69, 9.17) is 27.6 Å². The molecule has 0 aliphatic carbocycles. The van der Waals surface area contributed by atoms with Crippen LogP contribution in [0.1, 0.15) is 10.6 Å². The first-order valence-corrected chi connectivity index (χ1v) is 9.62. The Labute approximate surface area is 169 Å². The lowest BCUT2D eigenvalue weighted by molar-refractivity contribution is 0.0997. The molecule has 0 aliphatic heterocycles. The van der Waals surface area contributed by atoms with Crippen molar-refractivity contribution in [2.24, 2.45) is 0 Å². The molecule has 0 saturated heterocycles. The van der Waals surface area contributed by atoms with E-state index in [1.165, 1.54) is 11.3 Å². The van der Waals surface area contributed by atoms with Crippen LogP contribution in [-0.2, 0) is 0 Å². The van der Waals surface area contributed by atoms with Crippen molar-refractivity contribution in [2.75, 3.05) is 5.32 Å². The molecule has 27 heavy (non-hydrogen) atoms. The number of anilines is 1. The van der Waals surface area contributed by atoms with Crippen molar-refractivity contribution in [3.63, 3.8) is 0 Å². The summed E-state index contributed by atoms with van der Waals surface area (Å²) in [6.45, 7) is 0. The first-order chi connectivity index (χ1) is 13.1. The van der Waals surface area contributed by atoms with E-state index in [-0.39, 0.29) is 11.7 Å². The summed E-state index contributed by atoms with van der Waals surface area (Å²) in [6, 6.07) is 18.3. The van der Waals surface area contributed by atoms with E-state index < -0.39 is 0 Å². The predicted molar refractivity (Wildman–Crippen MR) is 110 cm³/mol. The zero-order valence-electron chi connectivity index (χ0n) is 13.8. The first-order valence-electron chi connectivity index (χ1n) is 7.98. The van der Waals surface area contributed by atoms with Gasteiger partial charge in [-0.05, 0) is 24.3 Å². The van der Waals surface area contributed by atoms with Gasteiger partial charge in [0.2, 0.25) is 0 Å². The average Bonchev–Trinajstić information content (AvgIpc) is 3.34. The molecular weight excluding hydrogens is 403 g/mol. The maximum absolute atomic E-state index is 12.5. The summed E-state index contributed by atoms with van der Waals surface area (Å²) in [5, 5.41) is 5.95. The number of rotatable bonds is 4. The molecule has 4 nitrogen and oxygen atoms in total. The minimum atomic E-state index is -0.381. The van der Waals surface area contributed by atoms with Crippen molar-refractivity contribution in [3.05, 3.63) is 81.8 Å². The van der Waals surface area contributed by atoms with Crippen molar-refractivity contribution in [1.29, 1.82) is 0 Å². The molecule has 0 bridgehead atoms. The molecule has 7 heteroatoms. The first kappa shape index (κ1) is 17.8. The van der Waals surface area contributed by atoms with Gasteiger partial charge in [0.25, 0.3) is 5.91 Å². The molecular formula is C20H12Cl2N2O2S. The summed E-state index contributed by atoms with van der Waals surface area (Å²) in [5.74, 6) is 0.252. The Bertz CT molecular complexity index is 1110. The van der Waals surface area contributed by atoms with Gasteiger partial charge in [-0.2, -0.15) is 0 Å². The van der Waals surface area contributed by atoms with Gasteiger partial charge in [0.1, 0.15) is 5.76 Å². The fraction of sp³-hybridized carbons (Fsp3) is 0. The smallest absolute Gasteiger partial charge is 0.293 e. The van der Waals surface area contributed by atoms with Gasteiger partial charge in [0.05, 0.1) is 15.7 Å². The molecule has 0 unspecified atom stereocenters. The molecule has 0 saturated carbocycles. The van der Waals surface area contributed by atoms with E-state index in [1.54, 1.807) is 30.3 Å². The van der Waals surface area contributed by atoms with Crippen LogP contribution in [0, 0.1) is 0 Å². The standard InChI is InChI=1S/C20H12Cl2N2O2S/c21-14-8-4-7-13(18(14)22)16-9-10-17(26-16)19(25)24-20-23-15(11-27-20)12-5-2-1-3-6-12/h1-11H,(H,23,24,25). The van der Waals surface area contributed by atoms with Gasteiger partial charge in [-0.1, -0.05) is 59.6 Å². The van der Waals surface area contributed by atoms with E-state index in [2.05, 4.69) is 10.3 Å². The van der Waals surface area contributed by atoms with Crippen molar-refractivity contribution >= 4 is 45.6 Å². The average molecular weight is 415 g/mol. The molecule has 0 fully saturated rings. The van der Waals surface area contributed by atoms with Crippen molar-refractivity contribution in [3.8, 4) is 22.6 Å². The number of nitrogens with zero attached hydrogens (tertiary/aromatic N) is 1. The Kier molecular flexibility index (Phi) is 4.99. The maximum Gasteiger partial charge on any atom is 0.293 e. The van der Waals surface area contributed by atoms with E-state index in [1.807, 2.05) is 35.7 Å². The van der Waals surface area contributed by atoms with Crippen LogP contribution < -0.4 is 5.32 Å². The van der Waals surface area contributed by atoms with Gasteiger partial charge >= 0.3 is 0 Å². The molecule has 1 amide bonds. The van der Waals surface area contributed by atoms with Crippen molar-refractivity contribution in [2.45, 2.75) is 0 Å². The third kappa shape index (κ3) is 3.76. The molecule has 4 aromatic rings. The molecule has 0 radical (unpaired) electrons. The highest BCUT2D eigenvalue weighted by Crippen LogP contribution is 2.34. The third-order valence-corrected chi connectivity index (χ3v) is 5.42. The fourth-order valence-electron chi connectivity index (χ4n) is 2.53. The number of thiazole rings is 1. The van der Waals surface area contributed by atoms with Gasteiger partial charge in [0, 0.05) is 16.5 Å². The van der Waals surface area contributed by atoms with Crippen molar-refractivity contribution in [1.82, 2.24) is 4.98 Å². The highest BCUT2D eigenvalue weighted by atomic mass is 35.5. The Morgan fingerprint density at radius 1 is 1.00 bits per heavy atom. The Balaban J connectivity index is 1.52. The number of hydrogen-bond donors (Lipinski definition) is 1. The molecule has 0 spiro atoms. The normalized spacial score (nSPS) is 10.7. The Hall–Kier alpha value is -2.60. The van der Waals surface area contributed by atoms with Gasteiger partial charge in [-0.25, -0.2) is 4.98 Å². The molecule has 2 aromatic heterocycles. The Morgan fingerprint density at radius 2 is 1.81 bits per heavy atom. The number of benzene rings is 2. The van der Waals surface area contributed by atoms with Crippen LogP contribution in [0.3, 0.4) is 0 Å². The van der Waals surface area contributed by atoms with Gasteiger partial charge in [0.15, 0.2) is 10.9 Å². The summed E-state index contributed by atoms with van der Waals surface area (Å²) in [5.41, 5.74) is 2.43. The second-order valence-electron chi connectivity index (χ2n) is 5.62. The minimum Gasteiger partial charge on any atom is -0.451 e. The van der Waals surface area contributed by atoms with E-state index in [9.17, 15) is 4.79 Å². The fourth-order valence-corrected chi connectivity index (χ4v) is 3.64. The summed E-state index contributed by atoms with van der Waals surface area (Å²) < 4.78 is 5.65. The zero-order valence-corrected chi connectivity index (χ0v) is 16.1. The number of amides is 1. The number of aromatic nitrogens is 1. The molecule has 2 heterocycles. The van der Waals surface area contributed by atoms with Crippen LogP contribution in [0.5, 0.6) is 0 Å². The van der Waals surface area contributed by atoms with Crippen LogP contribution in [-0.4, -0.2) is 10.9 Å². The SMILES string of the molecule is O=C(Nc1nc(-c2ccccc2)cs1)c1ccc(-c2cccc(Cl)c2Cl)o1. The number of furan rings is 1. The Morgan fingerprint density at radius 3 is 2.63 bits per heavy atom. The van der Waals surface area contributed by atoms with Crippen molar-refractivity contribution < 1.29 is 9.21 Å². The second-order valence-corrected chi connectivity index (χ2v) is 7.27. The van der Waals surface area contributed by atoms with Crippen LogP contribution in [0.4, 0.5) is 5.13 Å². The quantitative estimate of drug-likeness (QED) is 0.407. The summed E-state index contributed by atoms with van der Waals surface area (Å²) in [7, 11) is 0. The molecule has 2 aromatic carbocycles.